The molecule has 36 heavy (non-hydrogen) atoms. The molecule has 7 nitrogen and oxygen atoms in total. The SMILES string of the molecule is CCc1cccc(C)c1NC(=O)[C@@H]1CCCN(S(=O)(=O)c2c(C)noc2/C=C/c2ccc(C)cc2)C1. The Morgan fingerprint density at radius 3 is 2.61 bits per heavy atom. The zero-order valence-electron chi connectivity index (χ0n) is 21.2. The van der Waals surface area contributed by atoms with Crippen molar-refractivity contribution in [2.45, 2.75) is 51.9 Å². The van der Waals surface area contributed by atoms with Gasteiger partial charge in [0.25, 0.3) is 0 Å². The van der Waals surface area contributed by atoms with Crippen LogP contribution in [0.3, 0.4) is 0 Å². The molecule has 4 rings (SSSR count). The summed E-state index contributed by atoms with van der Waals surface area (Å²) in [5, 5.41) is 7.00. The van der Waals surface area contributed by atoms with E-state index in [0.717, 1.165) is 34.4 Å². The van der Waals surface area contributed by atoms with Crippen molar-refractivity contribution in [2.75, 3.05) is 18.4 Å². The Morgan fingerprint density at radius 2 is 1.89 bits per heavy atom. The lowest BCUT2D eigenvalue weighted by Gasteiger charge is -2.31. The third-order valence-electron chi connectivity index (χ3n) is 6.68. The monoisotopic (exact) mass is 507 g/mol. The number of amides is 1. The molecular formula is C28H33N3O4S. The maximum atomic E-state index is 13.7. The summed E-state index contributed by atoms with van der Waals surface area (Å²) in [4.78, 5) is 13.2. The zero-order valence-corrected chi connectivity index (χ0v) is 22.1. The molecule has 1 atom stereocenters. The predicted octanol–water partition coefficient (Wildman–Crippen LogP) is 5.37. The van der Waals surface area contributed by atoms with Crippen LogP contribution in [-0.4, -0.2) is 36.9 Å². The zero-order chi connectivity index (χ0) is 25.9. The molecule has 1 aliphatic heterocycles. The van der Waals surface area contributed by atoms with Crippen LogP contribution in [-0.2, 0) is 21.2 Å². The Bertz CT molecular complexity index is 1370. The molecule has 2 aromatic carbocycles. The molecule has 1 fully saturated rings. The molecule has 3 aromatic rings. The van der Waals surface area contributed by atoms with E-state index >= 15 is 0 Å². The largest absolute Gasteiger partial charge is 0.355 e. The molecule has 190 valence electrons. The minimum Gasteiger partial charge on any atom is -0.355 e. The van der Waals surface area contributed by atoms with Gasteiger partial charge in [-0.05, 0) is 62.8 Å². The highest BCUT2D eigenvalue weighted by Gasteiger charge is 2.37. The van der Waals surface area contributed by atoms with E-state index in [1.165, 1.54) is 4.31 Å². The second kappa shape index (κ2) is 10.8. The van der Waals surface area contributed by atoms with E-state index in [2.05, 4.69) is 10.5 Å². The lowest BCUT2D eigenvalue weighted by molar-refractivity contribution is -0.120. The number of piperidine rings is 1. The van der Waals surface area contributed by atoms with Gasteiger partial charge in [-0.3, -0.25) is 4.79 Å². The number of anilines is 1. The summed E-state index contributed by atoms with van der Waals surface area (Å²) in [5.74, 6) is -0.405. The first-order valence-corrected chi connectivity index (χ1v) is 13.7. The molecule has 8 heteroatoms. The van der Waals surface area contributed by atoms with Crippen LogP contribution in [0.5, 0.6) is 0 Å². The van der Waals surface area contributed by atoms with Crippen molar-refractivity contribution in [3.63, 3.8) is 0 Å². The van der Waals surface area contributed by atoms with Gasteiger partial charge in [0, 0.05) is 18.8 Å². The first kappa shape index (κ1) is 25.9. The van der Waals surface area contributed by atoms with Crippen LogP contribution in [0.15, 0.2) is 51.9 Å². The number of hydrogen-bond acceptors (Lipinski definition) is 5. The van der Waals surface area contributed by atoms with Crippen molar-refractivity contribution >= 4 is 33.8 Å². The molecule has 1 aromatic heterocycles. The Morgan fingerprint density at radius 1 is 1.14 bits per heavy atom. The molecule has 1 aliphatic rings. The van der Waals surface area contributed by atoms with Crippen LogP contribution in [0, 0.1) is 26.7 Å². The number of aromatic nitrogens is 1. The van der Waals surface area contributed by atoms with Crippen molar-refractivity contribution < 1.29 is 17.7 Å². The normalized spacial score (nSPS) is 16.9. The fourth-order valence-electron chi connectivity index (χ4n) is 4.58. The number of aryl methyl sites for hydroxylation is 4. The van der Waals surface area contributed by atoms with E-state index in [9.17, 15) is 13.2 Å². The van der Waals surface area contributed by atoms with Gasteiger partial charge in [-0.2, -0.15) is 4.31 Å². The molecule has 0 spiro atoms. The fourth-order valence-corrected chi connectivity index (χ4v) is 6.35. The van der Waals surface area contributed by atoms with E-state index in [-0.39, 0.29) is 23.1 Å². The van der Waals surface area contributed by atoms with Crippen LogP contribution < -0.4 is 5.32 Å². The molecule has 1 saturated heterocycles. The van der Waals surface area contributed by atoms with Gasteiger partial charge >= 0.3 is 0 Å². The summed E-state index contributed by atoms with van der Waals surface area (Å²) >= 11 is 0. The smallest absolute Gasteiger partial charge is 0.248 e. The molecule has 1 N–H and O–H groups in total. The summed E-state index contributed by atoms with van der Waals surface area (Å²) in [6.45, 7) is 8.11. The molecule has 0 aliphatic carbocycles. The van der Waals surface area contributed by atoms with E-state index in [0.29, 0.717) is 25.1 Å². The lowest BCUT2D eigenvalue weighted by atomic mass is 9.98. The van der Waals surface area contributed by atoms with Crippen LogP contribution in [0.25, 0.3) is 12.2 Å². The van der Waals surface area contributed by atoms with Gasteiger partial charge in [-0.15, -0.1) is 0 Å². The molecule has 0 unspecified atom stereocenters. The fraction of sp³-hybridized carbons (Fsp3) is 0.357. The van der Waals surface area contributed by atoms with Gasteiger partial charge in [-0.25, -0.2) is 8.42 Å². The topological polar surface area (TPSA) is 92.5 Å². The first-order valence-electron chi connectivity index (χ1n) is 12.3. The summed E-state index contributed by atoms with van der Waals surface area (Å²) < 4.78 is 34.2. The maximum Gasteiger partial charge on any atom is 0.248 e. The Labute approximate surface area is 213 Å². The number of nitrogens with one attached hydrogen (secondary N) is 1. The average Bonchev–Trinajstić information content (AvgIpc) is 3.26. The highest BCUT2D eigenvalue weighted by molar-refractivity contribution is 7.89. The van der Waals surface area contributed by atoms with Crippen molar-refractivity contribution in [3.05, 3.63) is 76.2 Å². The third-order valence-corrected chi connectivity index (χ3v) is 8.70. The van der Waals surface area contributed by atoms with E-state index in [1.807, 2.05) is 63.2 Å². The number of benzene rings is 2. The standard InChI is InChI=1S/C28H33N3O4S/c1-5-23-9-6-8-20(3)26(23)29-28(32)24-10-7-17-31(18-24)36(33,34)27-21(4)30-35-25(27)16-15-22-13-11-19(2)12-14-22/h6,8-9,11-16,24H,5,7,10,17-18H2,1-4H3,(H,29,32)/b16-15+/t24-/m1/s1. The van der Waals surface area contributed by atoms with Crippen LogP contribution >= 0.6 is 0 Å². The van der Waals surface area contributed by atoms with E-state index < -0.39 is 15.9 Å². The number of carbonyl (C=O) groups is 1. The van der Waals surface area contributed by atoms with Gasteiger partial charge in [0.15, 0.2) is 10.7 Å². The van der Waals surface area contributed by atoms with Crippen LogP contribution in [0.1, 0.15) is 53.5 Å². The van der Waals surface area contributed by atoms with Gasteiger partial charge in [-0.1, -0.05) is 66.2 Å². The van der Waals surface area contributed by atoms with Crippen LogP contribution in [0.2, 0.25) is 0 Å². The summed E-state index contributed by atoms with van der Waals surface area (Å²) in [5.41, 5.74) is 5.25. The number of sulfonamides is 1. The van der Waals surface area contributed by atoms with E-state index in [1.54, 1.807) is 19.1 Å². The Balaban J connectivity index is 1.54. The highest BCUT2D eigenvalue weighted by Crippen LogP contribution is 2.30. The lowest BCUT2D eigenvalue weighted by Crippen LogP contribution is -2.44. The second-order valence-corrected chi connectivity index (χ2v) is 11.2. The number of para-hydroxylation sites is 1. The molecular weight excluding hydrogens is 474 g/mol. The van der Waals surface area contributed by atoms with Gasteiger partial charge in [0.05, 0.1) is 5.92 Å². The summed E-state index contributed by atoms with van der Waals surface area (Å²) in [7, 11) is -3.91. The van der Waals surface area contributed by atoms with Gasteiger partial charge < -0.3 is 9.84 Å². The van der Waals surface area contributed by atoms with Crippen molar-refractivity contribution in [3.8, 4) is 0 Å². The van der Waals surface area contributed by atoms with Crippen molar-refractivity contribution in [1.82, 2.24) is 9.46 Å². The minimum atomic E-state index is -3.91. The van der Waals surface area contributed by atoms with Gasteiger partial charge in [0.1, 0.15) is 5.69 Å². The Kier molecular flexibility index (Phi) is 7.76. The van der Waals surface area contributed by atoms with E-state index in [4.69, 9.17) is 4.52 Å². The summed E-state index contributed by atoms with van der Waals surface area (Å²) in [6, 6.07) is 13.8. The minimum absolute atomic E-state index is 0.0547. The predicted molar refractivity (Wildman–Crippen MR) is 142 cm³/mol. The quantitative estimate of drug-likeness (QED) is 0.464. The molecule has 1 amide bonds. The molecule has 0 radical (unpaired) electrons. The summed E-state index contributed by atoms with van der Waals surface area (Å²) in [6.07, 6.45) is 5.47. The second-order valence-electron chi connectivity index (χ2n) is 9.36. The number of hydrogen-bond donors (Lipinski definition) is 1. The number of carbonyl (C=O) groups excluding carboxylic acids is 1. The first-order chi connectivity index (χ1) is 17.2. The van der Waals surface area contributed by atoms with Gasteiger partial charge in [0.2, 0.25) is 15.9 Å². The molecule has 2 heterocycles. The molecule has 0 bridgehead atoms. The average molecular weight is 508 g/mol. The number of nitrogens with zero attached hydrogens (tertiary/aromatic N) is 2. The molecule has 0 saturated carbocycles. The Hall–Kier alpha value is -3.23. The highest BCUT2D eigenvalue weighted by atomic mass is 32.2. The van der Waals surface area contributed by atoms with Crippen molar-refractivity contribution in [1.29, 1.82) is 0 Å². The maximum absolute atomic E-state index is 13.7. The van der Waals surface area contributed by atoms with Crippen molar-refractivity contribution in [2.24, 2.45) is 5.92 Å². The third kappa shape index (κ3) is 5.44. The van der Waals surface area contributed by atoms with Crippen LogP contribution in [0.4, 0.5) is 5.69 Å². The number of rotatable bonds is 7.